The molecular formula is C44H47N3. The molecule has 0 N–H and O–H groups in total. The van der Waals surface area contributed by atoms with Gasteiger partial charge in [-0.2, -0.15) is 0 Å². The second-order valence-electron chi connectivity index (χ2n) is 14.1. The van der Waals surface area contributed by atoms with Gasteiger partial charge in [-0.25, -0.2) is 9.98 Å². The molecule has 0 saturated heterocycles. The van der Waals surface area contributed by atoms with Gasteiger partial charge < -0.3 is 4.90 Å². The van der Waals surface area contributed by atoms with Crippen molar-refractivity contribution in [3.05, 3.63) is 148 Å². The molecule has 4 aromatic rings. The van der Waals surface area contributed by atoms with E-state index in [1.165, 1.54) is 62.9 Å². The quantitative estimate of drug-likeness (QED) is 0.181. The first-order valence-corrected chi connectivity index (χ1v) is 17.5. The molecule has 2 unspecified atom stereocenters. The normalized spacial score (nSPS) is 20.2. The summed E-state index contributed by atoms with van der Waals surface area (Å²) in [6.45, 7) is 9.18. The molecule has 0 aromatic heterocycles. The van der Waals surface area contributed by atoms with Crippen molar-refractivity contribution in [1.29, 1.82) is 0 Å². The van der Waals surface area contributed by atoms with Gasteiger partial charge in [0.1, 0.15) is 12.0 Å². The highest BCUT2D eigenvalue weighted by molar-refractivity contribution is 6.12. The Morgan fingerprint density at radius 3 is 2.40 bits per heavy atom. The molecule has 1 heterocycles. The monoisotopic (exact) mass is 617 g/mol. The number of hydrogen-bond acceptors (Lipinski definition) is 3. The lowest BCUT2D eigenvalue weighted by atomic mass is 9.79. The Labute approximate surface area is 281 Å². The van der Waals surface area contributed by atoms with Crippen molar-refractivity contribution in [2.45, 2.75) is 83.7 Å². The van der Waals surface area contributed by atoms with E-state index < -0.39 is 0 Å². The number of aliphatic imine (C=N–C) groups is 2. The van der Waals surface area contributed by atoms with E-state index in [9.17, 15) is 0 Å². The molecular weight excluding hydrogens is 571 g/mol. The zero-order valence-electron chi connectivity index (χ0n) is 28.6. The summed E-state index contributed by atoms with van der Waals surface area (Å²) in [6.07, 6.45) is 11.5. The van der Waals surface area contributed by atoms with Crippen LogP contribution in [0.1, 0.15) is 112 Å². The van der Waals surface area contributed by atoms with Crippen LogP contribution >= 0.6 is 0 Å². The number of fused-ring (bicyclic) bond motifs is 3. The maximum absolute atomic E-state index is 5.24. The summed E-state index contributed by atoms with van der Waals surface area (Å²) in [6, 6.07) is 35.7. The molecule has 4 aromatic carbocycles. The first-order chi connectivity index (χ1) is 22.8. The lowest BCUT2D eigenvalue weighted by molar-refractivity contribution is 0.381. The van der Waals surface area contributed by atoms with Crippen LogP contribution in [0.25, 0.3) is 16.7 Å². The minimum Gasteiger partial charge on any atom is -0.334 e. The Balaban J connectivity index is 1.14. The number of rotatable bonds is 8. The van der Waals surface area contributed by atoms with E-state index in [1.807, 2.05) is 0 Å². The SMILES string of the molecule is CCCC/C=C(\C)C1=NC(c2ccccc2)=NC(c2cccc(C3CC=C(c4ccc5c(c4)C(C)(C)c4ccccc4-5)CC3)c2)N1C. The third-order valence-corrected chi connectivity index (χ3v) is 10.6. The molecule has 0 bridgehead atoms. The highest BCUT2D eigenvalue weighted by Gasteiger charge is 2.35. The Morgan fingerprint density at radius 2 is 1.62 bits per heavy atom. The first-order valence-electron chi connectivity index (χ1n) is 17.5. The van der Waals surface area contributed by atoms with E-state index in [-0.39, 0.29) is 11.6 Å². The molecule has 0 saturated carbocycles. The maximum Gasteiger partial charge on any atom is 0.159 e. The predicted molar refractivity (Wildman–Crippen MR) is 199 cm³/mol. The Morgan fingerprint density at radius 1 is 0.851 bits per heavy atom. The Bertz CT molecular complexity index is 1910. The van der Waals surface area contributed by atoms with Gasteiger partial charge in [-0.05, 0) is 94.7 Å². The van der Waals surface area contributed by atoms with Crippen LogP contribution in [0.15, 0.2) is 125 Å². The van der Waals surface area contributed by atoms with Crippen molar-refractivity contribution in [3.8, 4) is 11.1 Å². The molecule has 1 aliphatic heterocycles. The Kier molecular flexibility index (Phi) is 8.57. The van der Waals surface area contributed by atoms with E-state index in [0.717, 1.165) is 42.9 Å². The molecule has 7 rings (SSSR count). The van der Waals surface area contributed by atoms with Crippen LogP contribution in [0.3, 0.4) is 0 Å². The fourth-order valence-electron chi connectivity index (χ4n) is 7.81. The molecule has 3 heteroatoms. The van der Waals surface area contributed by atoms with Crippen LogP contribution < -0.4 is 0 Å². The zero-order valence-corrected chi connectivity index (χ0v) is 28.6. The maximum atomic E-state index is 5.24. The van der Waals surface area contributed by atoms with E-state index in [2.05, 4.69) is 149 Å². The highest BCUT2D eigenvalue weighted by Crippen LogP contribution is 2.49. The van der Waals surface area contributed by atoms with Crippen molar-refractivity contribution in [2.24, 2.45) is 9.98 Å². The van der Waals surface area contributed by atoms with Crippen LogP contribution in [0, 0.1) is 0 Å². The summed E-state index contributed by atoms with van der Waals surface area (Å²) in [5, 5.41) is 0. The molecule has 0 spiro atoms. The number of nitrogens with zero attached hydrogens (tertiary/aromatic N) is 3. The average Bonchev–Trinajstić information content (AvgIpc) is 3.34. The van der Waals surface area contributed by atoms with Crippen LogP contribution in [0.2, 0.25) is 0 Å². The topological polar surface area (TPSA) is 28.0 Å². The van der Waals surface area contributed by atoms with Crippen LogP contribution in [-0.4, -0.2) is 23.6 Å². The van der Waals surface area contributed by atoms with E-state index in [4.69, 9.17) is 9.98 Å². The fourth-order valence-corrected chi connectivity index (χ4v) is 7.81. The standard InChI is InChI=1S/C44H47N3/c1-6-7-9-15-30(2)42-45-41(33-16-10-8-11-17-33)46-43(47(42)5)36-19-14-18-34(28-36)31-22-24-32(25-23-31)35-26-27-38-37-20-12-13-21-39(37)44(3,4)40(38)29-35/h8,10-21,24,26-29,31,43H,6-7,9,22-23,25H2,1-5H3/b30-15+. The lowest BCUT2D eigenvalue weighted by Gasteiger charge is -2.33. The molecule has 3 aliphatic rings. The van der Waals surface area contributed by atoms with Crippen molar-refractivity contribution in [2.75, 3.05) is 7.05 Å². The van der Waals surface area contributed by atoms with Crippen molar-refractivity contribution < 1.29 is 0 Å². The van der Waals surface area contributed by atoms with Crippen LogP contribution in [0.5, 0.6) is 0 Å². The molecule has 0 radical (unpaired) electrons. The van der Waals surface area contributed by atoms with Gasteiger partial charge in [0.2, 0.25) is 0 Å². The molecule has 2 atom stereocenters. The van der Waals surface area contributed by atoms with Gasteiger partial charge in [-0.15, -0.1) is 0 Å². The van der Waals surface area contributed by atoms with Gasteiger partial charge in [0.05, 0.1) is 0 Å². The van der Waals surface area contributed by atoms with Gasteiger partial charge in [-0.3, -0.25) is 0 Å². The fraction of sp³-hybridized carbons (Fsp3) is 0.318. The van der Waals surface area contributed by atoms with Crippen molar-refractivity contribution in [3.63, 3.8) is 0 Å². The first kappa shape index (κ1) is 31.1. The third kappa shape index (κ3) is 5.93. The second-order valence-corrected chi connectivity index (χ2v) is 14.1. The summed E-state index contributed by atoms with van der Waals surface area (Å²) >= 11 is 0. The van der Waals surface area contributed by atoms with Crippen molar-refractivity contribution in [1.82, 2.24) is 4.90 Å². The summed E-state index contributed by atoms with van der Waals surface area (Å²) in [5.41, 5.74) is 13.5. The number of unbranched alkanes of at least 4 members (excludes halogenated alkanes) is 2. The molecule has 0 fully saturated rings. The molecule has 47 heavy (non-hydrogen) atoms. The van der Waals surface area contributed by atoms with Crippen molar-refractivity contribution >= 4 is 17.2 Å². The summed E-state index contributed by atoms with van der Waals surface area (Å²) in [4.78, 5) is 12.6. The number of benzene rings is 4. The average molecular weight is 618 g/mol. The minimum absolute atomic E-state index is 0.0314. The van der Waals surface area contributed by atoms with Gasteiger partial charge in [0.25, 0.3) is 0 Å². The van der Waals surface area contributed by atoms with Gasteiger partial charge in [0.15, 0.2) is 5.84 Å². The van der Waals surface area contributed by atoms with E-state index in [1.54, 1.807) is 0 Å². The number of likely N-dealkylation sites (N-methyl/N-ethyl adjacent to an activating group) is 1. The molecule has 0 amide bonds. The van der Waals surface area contributed by atoms with E-state index >= 15 is 0 Å². The largest absolute Gasteiger partial charge is 0.334 e. The predicted octanol–water partition coefficient (Wildman–Crippen LogP) is 11.3. The van der Waals surface area contributed by atoms with Gasteiger partial charge >= 0.3 is 0 Å². The lowest BCUT2D eigenvalue weighted by Crippen LogP contribution is -2.35. The smallest absolute Gasteiger partial charge is 0.159 e. The van der Waals surface area contributed by atoms with E-state index in [0.29, 0.717) is 5.92 Å². The molecule has 3 nitrogen and oxygen atoms in total. The minimum atomic E-state index is -0.124. The zero-order chi connectivity index (χ0) is 32.5. The van der Waals surface area contributed by atoms with Gasteiger partial charge in [-0.1, -0.05) is 137 Å². The second kappa shape index (κ2) is 13.0. The summed E-state index contributed by atoms with van der Waals surface area (Å²) in [5.74, 6) is 2.32. The number of allylic oxidation sites excluding steroid dienone is 3. The summed E-state index contributed by atoms with van der Waals surface area (Å²) in [7, 11) is 2.14. The van der Waals surface area contributed by atoms with Crippen LogP contribution in [-0.2, 0) is 5.41 Å². The number of hydrogen-bond donors (Lipinski definition) is 0. The van der Waals surface area contributed by atoms with Gasteiger partial charge in [0, 0.05) is 18.0 Å². The number of amidine groups is 2. The summed E-state index contributed by atoms with van der Waals surface area (Å²) < 4.78 is 0. The van der Waals surface area contributed by atoms with Crippen LogP contribution in [0.4, 0.5) is 0 Å². The Hall–Kier alpha value is -4.50. The molecule has 238 valence electrons. The molecule has 2 aliphatic carbocycles. The third-order valence-electron chi connectivity index (χ3n) is 10.6. The highest BCUT2D eigenvalue weighted by atomic mass is 15.3.